The zero-order chi connectivity index (χ0) is 10.0. The normalized spacial score (nSPS) is 10.9. The highest BCUT2D eigenvalue weighted by Gasteiger charge is 2.10. The maximum absolute atomic E-state index is 5.49. The Balaban J connectivity index is 3.23. The van der Waals surface area contributed by atoms with Crippen molar-refractivity contribution in [2.75, 3.05) is 0 Å². The van der Waals surface area contributed by atoms with Crippen LogP contribution in [0.25, 0.3) is 0 Å². The van der Waals surface area contributed by atoms with E-state index in [9.17, 15) is 0 Å². The Bertz CT molecular complexity index is 282. The van der Waals surface area contributed by atoms with Gasteiger partial charge in [0.2, 0.25) is 0 Å². The van der Waals surface area contributed by atoms with Crippen molar-refractivity contribution < 1.29 is 0 Å². The fraction of sp³-hybridized carbons (Fsp3) is 0.600. The van der Waals surface area contributed by atoms with E-state index in [1.165, 1.54) is 5.56 Å². The molecule has 1 aromatic heterocycles. The molecule has 0 saturated carbocycles. The summed E-state index contributed by atoms with van der Waals surface area (Å²) < 4.78 is 0. The van der Waals surface area contributed by atoms with Crippen molar-refractivity contribution in [3.63, 3.8) is 0 Å². The largest absolute Gasteiger partial charge is 0.324 e. The van der Waals surface area contributed by atoms with Crippen LogP contribution < -0.4 is 5.73 Å². The van der Waals surface area contributed by atoms with Crippen LogP contribution in [0, 0.1) is 13.8 Å². The minimum Gasteiger partial charge on any atom is -0.324 e. The molecular formula is C10H17N3. The van der Waals surface area contributed by atoms with E-state index < -0.39 is 0 Å². The Labute approximate surface area is 79.4 Å². The molecule has 0 unspecified atom stereocenters. The van der Waals surface area contributed by atoms with E-state index in [0.29, 0.717) is 12.5 Å². The van der Waals surface area contributed by atoms with Gasteiger partial charge in [-0.2, -0.15) is 0 Å². The Hall–Kier alpha value is -0.960. The average Bonchev–Trinajstić information content (AvgIpc) is 2.02. The van der Waals surface area contributed by atoms with E-state index in [1.54, 1.807) is 0 Å². The summed E-state index contributed by atoms with van der Waals surface area (Å²) in [6.07, 6.45) is 0. The van der Waals surface area contributed by atoms with Crippen LogP contribution >= 0.6 is 0 Å². The van der Waals surface area contributed by atoms with Gasteiger partial charge in [0.25, 0.3) is 0 Å². The van der Waals surface area contributed by atoms with Crippen molar-refractivity contribution in [2.24, 2.45) is 5.73 Å². The molecule has 0 amide bonds. The molecule has 0 aliphatic rings. The standard InChI is InChI=1S/C10H17N3/c1-6(2)10-7(3)12-9(5-11)13-8(10)4/h6H,5,11H2,1-4H3. The molecule has 0 aliphatic carbocycles. The summed E-state index contributed by atoms with van der Waals surface area (Å²) in [6.45, 7) is 8.76. The Morgan fingerprint density at radius 1 is 1.15 bits per heavy atom. The summed E-state index contributed by atoms with van der Waals surface area (Å²) in [5.74, 6) is 1.21. The lowest BCUT2D eigenvalue weighted by atomic mass is 10.0. The molecule has 0 saturated heterocycles. The van der Waals surface area contributed by atoms with Gasteiger partial charge < -0.3 is 5.73 Å². The third-order valence-corrected chi connectivity index (χ3v) is 2.13. The Kier molecular flexibility index (Phi) is 2.98. The van der Waals surface area contributed by atoms with Gasteiger partial charge in [0, 0.05) is 11.4 Å². The first-order chi connectivity index (χ1) is 6.06. The summed E-state index contributed by atoms with van der Waals surface area (Å²) in [4.78, 5) is 8.68. The molecule has 0 fully saturated rings. The second-order valence-electron chi connectivity index (χ2n) is 3.58. The summed E-state index contributed by atoms with van der Waals surface area (Å²) in [7, 11) is 0. The maximum Gasteiger partial charge on any atom is 0.142 e. The molecule has 0 bridgehead atoms. The number of aryl methyl sites for hydroxylation is 2. The van der Waals surface area contributed by atoms with Crippen LogP contribution in [0.4, 0.5) is 0 Å². The molecule has 3 nitrogen and oxygen atoms in total. The zero-order valence-corrected chi connectivity index (χ0v) is 8.76. The molecule has 1 heterocycles. The Morgan fingerprint density at radius 2 is 1.62 bits per heavy atom. The number of hydrogen-bond donors (Lipinski definition) is 1. The molecule has 72 valence electrons. The predicted molar refractivity (Wildman–Crippen MR) is 53.5 cm³/mol. The number of aromatic nitrogens is 2. The van der Waals surface area contributed by atoms with Gasteiger partial charge in [-0.25, -0.2) is 9.97 Å². The topological polar surface area (TPSA) is 51.8 Å². The molecule has 0 radical (unpaired) electrons. The third-order valence-electron chi connectivity index (χ3n) is 2.13. The van der Waals surface area contributed by atoms with E-state index in [-0.39, 0.29) is 0 Å². The van der Waals surface area contributed by atoms with Crippen LogP contribution in [0.3, 0.4) is 0 Å². The molecule has 0 aliphatic heterocycles. The number of nitrogens with two attached hydrogens (primary N) is 1. The minimum absolute atomic E-state index is 0.417. The molecule has 13 heavy (non-hydrogen) atoms. The minimum atomic E-state index is 0.417. The van der Waals surface area contributed by atoms with Gasteiger partial charge >= 0.3 is 0 Å². The third kappa shape index (κ3) is 2.04. The fourth-order valence-corrected chi connectivity index (χ4v) is 1.72. The second kappa shape index (κ2) is 3.83. The van der Waals surface area contributed by atoms with Crippen molar-refractivity contribution in [3.8, 4) is 0 Å². The fourth-order valence-electron chi connectivity index (χ4n) is 1.72. The van der Waals surface area contributed by atoms with Crippen LogP contribution in [0.5, 0.6) is 0 Å². The molecule has 3 heteroatoms. The van der Waals surface area contributed by atoms with E-state index >= 15 is 0 Å². The van der Waals surface area contributed by atoms with Crippen molar-refractivity contribution in [2.45, 2.75) is 40.2 Å². The molecule has 0 aromatic carbocycles. The quantitative estimate of drug-likeness (QED) is 0.751. The van der Waals surface area contributed by atoms with Gasteiger partial charge in [-0.3, -0.25) is 0 Å². The average molecular weight is 179 g/mol. The molecule has 2 N–H and O–H groups in total. The highest BCUT2D eigenvalue weighted by Crippen LogP contribution is 2.20. The Morgan fingerprint density at radius 3 is 1.92 bits per heavy atom. The van der Waals surface area contributed by atoms with Gasteiger partial charge in [-0.15, -0.1) is 0 Å². The molecule has 1 rings (SSSR count). The summed E-state index contributed by atoms with van der Waals surface area (Å²) >= 11 is 0. The van der Waals surface area contributed by atoms with Crippen LogP contribution in [0.15, 0.2) is 0 Å². The number of hydrogen-bond acceptors (Lipinski definition) is 3. The first-order valence-electron chi connectivity index (χ1n) is 4.60. The van der Waals surface area contributed by atoms with Crippen molar-refractivity contribution in [1.82, 2.24) is 9.97 Å². The highest BCUT2D eigenvalue weighted by atomic mass is 14.9. The van der Waals surface area contributed by atoms with Crippen molar-refractivity contribution >= 4 is 0 Å². The van der Waals surface area contributed by atoms with E-state index in [0.717, 1.165) is 17.2 Å². The molecular weight excluding hydrogens is 162 g/mol. The molecule has 0 spiro atoms. The number of rotatable bonds is 2. The second-order valence-corrected chi connectivity index (χ2v) is 3.58. The van der Waals surface area contributed by atoms with Crippen molar-refractivity contribution in [3.05, 3.63) is 22.8 Å². The van der Waals surface area contributed by atoms with Crippen LogP contribution in [0.1, 0.15) is 42.5 Å². The smallest absolute Gasteiger partial charge is 0.142 e. The SMILES string of the molecule is Cc1nc(CN)nc(C)c1C(C)C. The predicted octanol–water partition coefficient (Wildman–Crippen LogP) is 1.68. The lowest BCUT2D eigenvalue weighted by Gasteiger charge is -2.12. The first kappa shape index (κ1) is 10.1. The first-order valence-corrected chi connectivity index (χ1v) is 4.60. The highest BCUT2D eigenvalue weighted by molar-refractivity contribution is 5.27. The summed E-state index contributed by atoms with van der Waals surface area (Å²) in [5, 5.41) is 0. The van der Waals surface area contributed by atoms with E-state index in [2.05, 4.69) is 23.8 Å². The van der Waals surface area contributed by atoms with Crippen molar-refractivity contribution in [1.29, 1.82) is 0 Å². The van der Waals surface area contributed by atoms with Crippen LogP contribution in [0.2, 0.25) is 0 Å². The monoisotopic (exact) mass is 179 g/mol. The van der Waals surface area contributed by atoms with Crippen LogP contribution in [-0.2, 0) is 6.54 Å². The van der Waals surface area contributed by atoms with Gasteiger partial charge in [-0.05, 0) is 25.3 Å². The summed E-state index contributed by atoms with van der Waals surface area (Å²) in [5.41, 5.74) is 8.85. The van der Waals surface area contributed by atoms with E-state index in [4.69, 9.17) is 5.73 Å². The van der Waals surface area contributed by atoms with Gasteiger partial charge in [0.1, 0.15) is 5.82 Å². The maximum atomic E-state index is 5.49. The van der Waals surface area contributed by atoms with E-state index in [1.807, 2.05) is 13.8 Å². The van der Waals surface area contributed by atoms with Crippen LogP contribution in [-0.4, -0.2) is 9.97 Å². The lowest BCUT2D eigenvalue weighted by Crippen LogP contribution is -2.09. The van der Waals surface area contributed by atoms with Gasteiger partial charge in [0.05, 0.1) is 6.54 Å². The number of nitrogens with zero attached hydrogens (tertiary/aromatic N) is 2. The van der Waals surface area contributed by atoms with Gasteiger partial charge in [0.15, 0.2) is 0 Å². The summed E-state index contributed by atoms with van der Waals surface area (Å²) in [6, 6.07) is 0. The molecule has 0 atom stereocenters. The molecule has 1 aromatic rings. The lowest BCUT2D eigenvalue weighted by molar-refractivity contribution is 0.781. The zero-order valence-electron chi connectivity index (χ0n) is 8.76. The van der Waals surface area contributed by atoms with Gasteiger partial charge in [-0.1, -0.05) is 13.8 Å².